The van der Waals surface area contributed by atoms with Crippen molar-refractivity contribution in [3.05, 3.63) is 18.0 Å². The molecular weight excluding hydrogens is 128 g/mol. The third kappa shape index (κ3) is 0.926. The van der Waals surface area contributed by atoms with Gasteiger partial charge in [0, 0.05) is 18.7 Å². The van der Waals surface area contributed by atoms with Gasteiger partial charge in [0.25, 0.3) is 0 Å². The van der Waals surface area contributed by atoms with Crippen LogP contribution in [0.15, 0.2) is 12.3 Å². The highest BCUT2D eigenvalue weighted by atomic mass is 16.5. The molecular formula is C7H10N2O. The van der Waals surface area contributed by atoms with Crippen molar-refractivity contribution in [1.29, 1.82) is 0 Å². The topological polar surface area (TPSA) is 37.9 Å². The highest BCUT2D eigenvalue weighted by Gasteiger charge is 2.18. The third-order valence-electron chi connectivity index (χ3n) is 1.87. The predicted molar refractivity (Wildman–Crippen MR) is 36.8 cm³/mol. The Morgan fingerprint density at radius 3 is 3.30 bits per heavy atom. The van der Waals surface area contributed by atoms with Gasteiger partial charge in [-0.3, -0.25) is 5.10 Å². The molecule has 0 radical (unpaired) electrons. The molecule has 3 heteroatoms. The molecule has 10 heavy (non-hydrogen) atoms. The molecule has 0 spiro atoms. The first kappa shape index (κ1) is 5.92. The van der Waals surface area contributed by atoms with Crippen LogP contribution in [0.3, 0.4) is 0 Å². The minimum absolute atomic E-state index is 0.534. The van der Waals surface area contributed by atoms with Crippen LogP contribution in [-0.2, 0) is 4.74 Å². The maximum atomic E-state index is 5.23. The summed E-state index contributed by atoms with van der Waals surface area (Å²) in [6.07, 6.45) is 2.97. The van der Waals surface area contributed by atoms with E-state index in [0.29, 0.717) is 5.92 Å². The summed E-state index contributed by atoms with van der Waals surface area (Å²) in [5.74, 6) is 0.534. The molecule has 0 bridgehead atoms. The number of hydrogen-bond acceptors (Lipinski definition) is 2. The van der Waals surface area contributed by atoms with Crippen LogP contribution in [0.2, 0.25) is 0 Å². The van der Waals surface area contributed by atoms with Crippen LogP contribution in [0.4, 0.5) is 0 Å². The second-order valence-corrected chi connectivity index (χ2v) is 2.56. The van der Waals surface area contributed by atoms with E-state index in [4.69, 9.17) is 4.74 Å². The van der Waals surface area contributed by atoms with Gasteiger partial charge in [0.05, 0.1) is 12.3 Å². The Morgan fingerprint density at radius 2 is 2.70 bits per heavy atom. The van der Waals surface area contributed by atoms with Crippen LogP contribution in [0.25, 0.3) is 0 Å². The number of rotatable bonds is 1. The molecule has 0 saturated carbocycles. The maximum Gasteiger partial charge on any atom is 0.0676 e. The monoisotopic (exact) mass is 138 g/mol. The van der Waals surface area contributed by atoms with Gasteiger partial charge in [-0.05, 0) is 12.5 Å². The Bertz CT molecular complexity index is 189. The van der Waals surface area contributed by atoms with Crippen LogP contribution in [-0.4, -0.2) is 23.4 Å². The van der Waals surface area contributed by atoms with Gasteiger partial charge < -0.3 is 4.74 Å². The standard InChI is InChI=1S/C7H10N2O/c1-3-8-9-7(1)6-2-4-10-5-6/h1,3,6H,2,4-5H2,(H,8,9). The van der Waals surface area contributed by atoms with Crippen molar-refractivity contribution in [2.75, 3.05) is 13.2 Å². The molecule has 3 nitrogen and oxygen atoms in total. The third-order valence-corrected chi connectivity index (χ3v) is 1.87. The predicted octanol–water partition coefficient (Wildman–Crippen LogP) is 0.914. The summed E-state index contributed by atoms with van der Waals surface area (Å²) in [6.45, 7) is 1.72. The minimum atomic E-state index is 0.534. The lowest BCUT2D eigenvalue weighted by molar-refractivity contribution is 0.193. The number of aromatic nitrogens is 2. The lowest BCUT2D eigenvalue weighted by atomic mass is 10.1. The molecule has 2 heterocycles. The van der Waals surface area contributed by atoms with Gasteiger partial charge in [-0.15, -0.1) is 0 Å². The lowest BCUT2D eigenvalue weighted by Gasteiger charge is -1.99. The van der Waals surface area contributed by atoms with E-state index in [1.165, 1.54) is 0 Å². The van der Waals surface area contributed by atoms with Crippen molar-refractivity contribution < 1.29 is 4.74 Å². The molecule has 1 unspecified atom stereocenters. The molecule has 1 fully saturated rings. The van der Waals surface area contributed by atoms with E-state index >= 15 is 0 Å². The van der Waals surface area contributed by atoms with Crippen molar-refractivity contribution in [3.63, 3.8) is 0 Å². The zero-order valence-electron chi connectivity index (χ0n) is 5.71. The van der Waals surface area contributed by atoms with Gasteiger partial charge >= 0.3 is 0 Å². The Morgan fingerprint density at radius 1 is 1.70 bits per heavy atom. The summed E-state index contributed by atoms with van der Waals surface area (Å²) in [4.78, 5) is 0. The largest absolute Gasteiger partial charge is 0.381 e. The highest BCUT2D eigenvalue weighted by molar-refractivity contribution is 5.06. The number of aromatic amines is 1. The fourth-order valence-electron chi connectivity index (χ4n) is 1.27. The van der Waals surface area contributed by atoms with Crippen LogP contribution < -0.4 is 0 Å². The molecule has 1 aliphatic heterocycles. The van der Waals surface area contributed by atoms with Crippen LogP contribution in [0.5, 0.6) is 0 Å². The fourth-order valence-corrected chi connectivity index (χ4v) is 1.27. The zero-order valence-corrected chi connectivity index (χ0v) is 5.71. The molecule has 54 valence electrons. The molecule has 0 aliphatic carbocycles. The van der Waals surface area contributed by atoms with Gasteiger partial charge in [-0.1, -0.05) is 0 Å². The smallest absolute Gasteiger partial charge is 0.0676 e. The van der Waals surface area contributed by atoms with Gasteiger partial charge in [-0.25, -0.2) is 0 Å². The summed E-state index contributed by atoms with van der Waals surface area (Å²) < 4.78 is 5.23. The van der Waals surface area contributed by atoms with E-state index < -0.39 is 0 Å². The van der Waals surface area contributed by atoms with Crippen LogP contribution in [0, 0.1) is 0 Å². The molecule has 2 rings (SSSR count). The van der Waals surface area contributed by atoms with Gasteiger partial charge in [0.1, 0.15) is 0 Å². The molecule has 1 N–H and O–H groups in total. The van der Waals surface area contributed by atoms with Gasteiger partial charge in [0.2, 0.25) is 0 Å². The number of nitrogens with one attached hydrogen (secondary N) is 1. The number of ether oxygens (including phenoxy) is 1. The van der Waals surface area contributed by atoms with Crippen molar-refractivity contribution in [2.45, 2.75) is 12.3 Å². The van der Waals surface area contributed by atoms with Gasteiger partial charge in [-0.2, -0.15) is 5.10 Å². The second-order valence-electron chi connectivity index (χ2n) is 2.56. The summed E-state index contributed by atoms with van der Waals surface area (Å²) >= 11 is 0. The van der Waals surface area contributed by atoms with Crippen LogP contribution in [0.1, 0.15) is 18.0 Å². The van der Waals surface area contributed by atoms with Crippen LogP contribution >= 0.6 is 0 Å². The number of nitrogens with zero attached hydrogens (tertiary/aromatic N) is 1. The van der Waals surface area contributed by atoms with E-state index in [1.54, 1.807) is 0 Å². The first-order chi connectivity index (χ1) is 4.97. The fraction of sp³-hybridized carbons (Fsp3) is 0.571. The summed E-state index contributed by atoms with van der Waals surface area (Å²) in [5.41, 5.74) is 1.14. The van der Waals surface area contributed by atoms with Gasteiger partial charge in [0.15, 0.2) is 0 Å². The lowest BCUT2D eigenvalue weighted by Crippen LogP contribution is -1.97. The van der Waals surface area contributed by atoms with E-state index in [1.807, 2.05) is 12.3 Å². The Hall–Kier alpha value is -0.830. The van der Waals surface area contributed by atoms with E-state index in [9.17, 15) is 0 Å². The SMILES string of the molecule is c1cc(C2CCOC2)n[nH]1. The Balaban J connectivity index is 2.12. The molecule has 1 aromatic heterocycles. The van der Waals surface area contributed by atoms with E-state index in [-0.39, 0.29) is 0 Å². The molecule has 0 aromatic carbocycles. The molecule has 1 aromatic rings. The summed E-state index contributed by atoms with van der Waals surface area (Å²) in [7, 11) is 0. The maximum absolute atomic E-state index is 5.23. The molecule has 1 aliphatic rings. The van der Waals surface area contributed by atoms with E-state index in [2.05, 4.69) is 10.2 Å². The second kappa shape index (κ2) is 2.42. The number of hydrogen-bond donors (Lipinski definition) is 1. The van der Waals surface area contributed by atoms with E-state index in [0.717, 1.165) is 25.3 Å². The Labute approximate surface area is 59.4 Å². The first-order valence-corrected chi connectivity index (χ1v) is 3.54. The normalized spacial score (nSPS) is 25.4. The first-order valence-electron chi connectivity index (χ1n) is 3.54. The van der Waals surface area contributed by atoms with Crippen molar-refractivity contribution in [2.24, 2.45) is 0 Å². The summed E-state index contributed by atoms with van der Waals surface area (Å²) in [6, 6.07) is 2.01. The highest BCUT2D eigenvalue weighted by Crippen LogP contribution is 2.22. The summed E-state index contributed by atoms with van der Waals surface area (Å²) in [5, 5.41) is 6.89. The van der Waals surface area contributed by atoms with Crippen molar-refractivity contribution >= 4 is 0 Å². The zero-order chi connectivity index (χ0) is 6.81. The molecule has 1 atom stereocenters. The van der Waals surface area contributed by atoms with Crippen molar-refractivity contribution in [1.82, 2.24) is 10.2 Å². The average molecular weight is 138 g/mol. The number of H-pyrrole nitrogens is 1. The molecule has 0 amide bonds. The average Bonchev–Trinajstić information content (AvgIpc) is 2.59. The van der Waals surface area contributed by atoms with Crippen molar-refractivity contribution in [3.8, 4) is 0 Å². The minimum Gasteiger partial charge on any atom is -0.381 e. The Kier molecular flexibility index (Phi) is 1.43. The molecule has 1 saturated heterocycles. The quantitative estimate of drug-likeness (QED) is 0.626.